The minimum absolute atomic E-state index is 0.381. The summed E-state index contributed by atoms with van der Waals surface area (Å²) in [4.78, 5) is 35.5. The molecule has 0 radical (unpaired) electrons. The number of unbranched alkanes of at least 4 members (excludes halogenated alkanes) is 27. The summed E-state index contributed by atoms with van der Waals surface area (Å²) in [5, 5.41) is 0. The molecule has 0 aliphatic carbocycles. The van der Waals surface area contributed by atoms with Gasteiger partial charge in [0.2, 0.25) is 0 Å². The first-order valence-electron chi connectivity index (χ1n) is 20.0. The molecule has 0 rings (SSSR count). The van der Waals surface area contributed by atoms with Crippen LogP contribution in [0.25, 0.3) is 0 Å². The van der Waals surface area contributed by atoms with Crippen LogP contribution in [-0.4, -0.2) is 23.6 Å². The van der Waals surface area contributed by atoms with Crippen LogP contribution in [0.4, 0.5) is 0 Å². The summed E-state index contributed by atoms with van der Waals surface area (Å²) in [7, 11) is 0. The molecule has 0 aliphatic heterocycles. The Morgan fingerprint density at radius 1 is 0.489 bits per heavy atom. The summed E-state index contributed by atoms with van der Waals surface area (Å²) in [6, 6.07) is 0. The molecular formula is C41H78O4. The Hall–Kier alpha value is -1.19. The predicted molar refractivity (Wildman–Crippen MR) is 194 cm³/mol. The van der Waals surface area contributed by atoms with Crippen LogP contribution in [0.3, 0.4) is 0 Å². The van der Waals surface area contributed by atoms with Crippen LogP contribution in [0, 0.1) is 5.92 Å². The smallest absolute Gasteiger partial charge is 0.316 e. The second-order valence-corrected chi connectivity index (χ2v) is 15.0. The van der Waals surface area contributed by atoms with Crippen molar-refractivity contribution in [2.75, 3.05) is 0 Å². The largest absolute Gasteiger partial charge is 0.459 e. The molecular weight excluding hydrogens is 556 g/mol. The summed E-state index contributed by atoms with van der Waals surface area (Å²) < 4.78 is 5.33. The molecule has 0 aliphatic rings. The van der Waals surface area contributed by atoms with Crippen molar-refractivity contribution in [3.8, 4) is 0 Å². The highest BCUT2D eigenvalue weighted by Crippen LogP contribution is 2.18. The van der Waals surface area contributed by atoms with Gasteiger partial charge in [-0.15, -0.1) is 0 Å². The van der Waals surface area contributed by atoms with Gasteiger partial charge in [-0.1, -0.05) is 180 Å². The van der Waals surface area contributed by atoms with Crippen molar-refractivity contribution >= 4 is 18.0 Å². The SMILES string of the molecule is CCCCCCCCCCCCCCCCCC(=O)CCCCCCCCCCCCCCCCC(C=O)C(=O)OC(C)(C)C. The van der Waals surface area contributed by atoms with Gasteiger partial charge < -0.3 is 9.53 Å². The molecule has 1 unspecified atom stereocenters. The van der Waals surface area contributed by atoms with Crippen LogP contribution in [0.1, 0.15) is 233 Å². The molecule has 45 heavy (non-hydrogen) atoms. The normalized spacial score (nSPS) is 12.4. The number of ether oxygens (including phenoxy) is 1. The van der Waals surface area contributed by atoms with E-state index in [2.05, 4.69) is 6.92 Å². The fourth-order valence-corrected chi connectivity index (χ4v) is 6.25. The van der Waals surface area contributed by atoms with E-state index in [0.717, 1.165) is 44.8 Å². The fraction of sp³-hybridized carbons (Fsp3) is 0.927. The molecule has 0 spiro atoms. The number of hydrogen-bond donors (Lipinski definition) is 0. The van der Waals surface area contributed by atoms with E-state index < -0.39 is 11.5 Å². The first-order chi connectivity index (χ1) is 21.8. The van der Waals surface area contributed by atoms with Gasteiger partial charge in [0.15, 0.2) is 0 Å². The van der Waals surface area contributed by atoms with E-state index in [0.29, 0.717) is 12.2 Å². The molecule has 4 heteroatoms. The summed E-state index contributed by atoms with van der Waals surface area (Å²) >= 11 is 0. The third kappa shape index (κ3) is 34.0. The minimum Gasteiger partial charge on any atom is -0.459 e. The number of carbonyl (C=O) groups is 3. The lowest BCUT2D eigenvalue weighted by molar-refractivity contribution is -0.160. The van der Waals surface area contributed by atoms with Crippen LogP contribution < -0.4 is 0 Å². The third-order valence-corrected chi connectivity index (χ3v) is 9.15. The Kier molecular flexibility index (Phi) is 31.9. The average molecular weight is 635 g/mol. The molecule has 0 heterocycles. The molecule has 0 saturated heterocycles. The molecule has 266 valence electrons. The summed E-state index contributed by atoms with van der Waals surface area (Å²) in [5.74, 6) is -0.496. The van der Waals surface area contributed by atoms with E-state index in [-0.39, 0.29) is 5.97 Å². The maximum absolute atomic E-state index is 12.2. The Bertz CT molecular complexity index is 665. The molecule has 0 amide bonds. The summed E-state index contributed by atoms with van der Waals surface area (Å²) in [5.41, 5.74) is -0.537. The summed E-state index contributed by atoms with van der Waals surface area (Å²) in [6.07, 6.45) is 40.9. The van der Waals surface area contributed by atoms with E-state index in [9.17, 15) is 14.4 Å². The standard InChI is InChI=1S/C41H78O4/c1-5-6-7-8-9-10-11-12-13-17-20-23-26-29-32-35-39(43)36-33-30-27-24-21-18-15-14-16-19-22-25-28-31-34-38(37-42)40(44)45-41(2,3)4/h37-38H,5-36H2,1-4H3. The number of rotatable bonds is 35. The van der Waals surface area contributed by atoms with Gasteiger partial charge in [0, 0.05) is 12.8 Å². The van der Waals surface area contributed by atoms with Gasteiger partial charge >= 0.3 is 5.97 Å². The van der Waals surface area contributed by atoms with Gasteiger partial charge in [0.1, 0.15) is 23.6 Å². The van der Waals surface area contributed by atoms with Gasteiger partial charge in [0.05, 0.1) is 0 Å². The average Bonchev–Trinajstić information content (AvgIpc) is 2.99. The van der Waals surface area contributed by atoms with Crippen LogP contribution in [0.2, 0.25) is 0 Å². The monoisotopic (exact) mass is 635 g/mol. The van der Waals surface area contributed by atoms with Crippen molar-refractivity contribution in [3.05, 3.63) is 0 Å². The first kappa shape index (κ1) is 43.8. The Morgan fingerprint density at radius 2 is 0.778 bits per heavy atom. The van der Waals surface area contributed by atoms with E-state index in [1.807, 2.05) is 20.8 Å². The quantitative estimate of drug-likeness (QED) is 0.0301. The van der Waals surface area contributed by atoms with E-state index >= 15 is 0 Å². The second-order valence-electron chi connectivity index (χ2n) is 15.0. The van der Waals surface area contributed by atoms with Crippen LogP contribution in [0.15, 0.2) is 0 Å². The van der Waals surface area contributed by atoms with Crippen molar-refractivity contribution in [2.24, 2.45) is 5.92 Å². The number of hydrogen-bond acceptors (Lipinski definition) is 4. The predicted octanol–water partition coefficient (Wildman–Crippen LogP) is 13.2. The lowest BCUT2D eigenvalue weighted by Crippen LogP contribution is -2.29. The van der Waals surface area contributed by atoms with Crippen molar-refractivity contribution in [3.63, 3.8) is 0 Å². The highest BCUT2D eigenvalue weighted by Gasteiger charge is 2.24. The van der Waals surface area contributed by atoms with Crippen molar-refractivity contribution in [1.29, 1.82) is 0 Å². The zero-order valence-corrected chi connectivity index (χ0v) is 30.9. The van der Waals surface area contributed by atoms with Gasteiger partial charge in [-0.3, -0.25) is 9.59 Å². The molecule has 0 N–H and O–H groups in total. The van der Waals surface area contributed by atoms with E-state index in [4.69, 9.17) is 4.74 Å². The van der Waals surface area contributed by atoms with Gasteiger partial charge in [-0.2, -0.15) is 0 Å². The molecule has 0 aromatic heterocycles. The minimum atomic E-state index is -0.611. The molecule has 0 aromatic rings. The third-order valence-electron chi connectivity index (χ3n) is 9.15. The maximum atomic E-state index is 12.2. The highest BCUT2D eigenvalue weighted by molar-refractivity contribution is 5.87. The Balaban J connectivity index is 3.31. The Morgan fingerprint density at radius 3 is 1.07 bits per heavy atom. The van der Waals surface area contributed by atoms with E-state index in [1.165, 1.54) is 161 Å². The number of aldehydes is 1. The van der Waals surface area contributed by atoms with Crippen LogP contribution >= 0.6 is 0 Å². The second kappa shape index (κ2) is 32.7. The first-order valence-corrected chi connectivity index (χ1v) is 20.0. The number of Topliss-reactive ketones (excluding diaryl/α,β-unsaturated/α-hetero) is 1. The zero-order chi connectivity index (χ0) is 33.3. The van der Waals surface area contributed by atoms with Crippen molar-refractivity contribution in [2.45, 2.75) is 239 Å². The van der Waals surface area contributed by atoms with Crippen LogP contribution in [0.5, 0.6) is 0 Å². The number of carbonyl (C=O) groups excluding carboxylic acids is 3. The molecule has 4 nitrogen and oxygen atoms in total. The van der Waals surface area contributed by atoms with Gasteiger partial charge in [-0.05, 0) is 40.0 Å². The van der Waals surface area contributed by atoms with Crippen molar-refractivity contribution < 1.29 is 19.1 Å². The maximum Gasteiger partial charge on any atom is 0.316 e. The molecule has 1 atom stereocenters. The lowest BCUT2D eigenvalue weighted by atomic mass is 10.0. The van der Waals surface area contributed by atoms with Gasteiger partial charge in [0.25, 0.3) is 0 Å². The van der Waals surface area contributed by atoms with Gasteiger partial charge in [-0.25, -0.2) is 0 Å². The topological polar surface area (TPSA) is 60.4 Å². The molecule has 0 saturated carbocycles. The van der Waals surface area contributed by atoms with Crippen LogP contribution in [-0.2, 0) is 19.1 Å². The highest BCUT2D eigenvalue weighted by atomic mass is 16.6. The summed E-state index contributed by atoms with van der Waals surface area (Å²) in [6.45, 7) is 7.79. The zero-order valence-electron chi connectivity index (χ0n) is 30.9. The van der Waals surface area contributed by atoms with Crippen molar-refractivity contribution in [1.82, 2.24) is 0 Å². The number of ketones is 1. The lowest BCUT2D eigenvalue weighted by Gasteiger charge is -2.21. The number of esters is 1. The Labute approximate surface area is 281 Å². The molecule has 0 fully saturated rings. The molecule has 0 aromatic carbocycles. The van der Waals surface area contributed by atoms with E-state index in [1.54, 1.807) is 0 Å². The fourth-order valence-electron chi connectivity index (χ4n) is 6.25. The molecule has 0 bridgehead atoms.